The van der Waals surface area contributed by atoms with Crippen molar-refractivity contribution in [2.24, 2.45) is 0 Å². The number of hydrogen-bond donors (Lipinski definition) is 0. The third-order valence-electron chi connectivity index (χ3n) is 2.77. The molecule has 2 heteroatoms. The van der Waals surface area contributed by atoms with E-state index in [-0.39, 0.29) is 0 Å². The summed E-state index contributed by atoms with van der Waals surface area (Å²) < 4.78 is 5.65. The van der Waals surface area contributed by atoms with Crippen molar-refractivity contribution in [2.75, 3.05) is 11.9 Å². The Balaban J connectivity index is 2.24. The van der Waals surface area contributed by atoms with E-state index >= 15 is 0 Å². The number of hydrogen-bond acceptors (Lipinski definition) is 1. The average molecular weight is 317 g/mol. The minimum absolute atomic E-state index is 0.731. The molecule has 0 saturated heterocycles. The van der Waals surface area contributed by atoms with Crippen molar-refractivity contribution in [3.8, 4) is 0 Å². The third kappa shape index (κ3) is 4.25. The van der Waals surface area contributed by atoms with Gasteiger partial charge >= 0.3 is 0 Å². The Morgan fingerprint density at radius 2 is 1.42 bits per heavy atom. The Kier molecular flexibility index (Phi) is 5.70. The molecule has 0 N–H and O–H groups in total. The Morgan fingerprint density at radius 1 is 0.895 bits per heavy atom. The molecule has 0 saturated carbocycles. The lowest BCUT2D eigenvalue weighted by molar-refractivity contribution is 0.253. The van der Waals surface area contributed by atoms with E-state index in [0.29, 0.717) is 0 Å². The summed E-state index contributed by atoms with van der Waals surface area (Å²) in [5.74, 6) is 0. The van der Waals surface area contributed by atoms with Crippen molar-refractivity contribution in [3.05, 3.63) is 78.1 Å². The van der Waals surface area contributed by atoms with Crippen molar-refractivity contribution < 1.29 is 4.74 Å². The van der Waals surface area contributed by atoms with Crippen LogP contribution in [0.15, 0.2) is 66.9 Å². The first-order valence-corrected chi connectivity index (χ1v) is 7.52. The highest BCUT2D eigenvalue weighted by Crippen LogP contribution is 2.23. The van der Waals surface area contributed by atoms with Crippen LogP contribution in [0.3, 0.4) is 0 Å². The first kappa shape index (κ1) is 13.9. The summed E-state index contributed by atoms with van der Waals surface area (Å²) in [7, 11) is 0. The van der Waals surface area contributed by atoms with E-state index in [2.05, 4.69) is 40.2 Å². The van der Waals surface area contributed by atoms with Gasteiger partial charge in [-0.3, -0.25) is 0 Å². The fraction of sp³-hybridized carbons (Fsp3) is 0.176. The monoisotopic (exact) mass is 316 g/mol. The predicted octanol–water partition coefficient (Wildman–Crippen LogP) is 4.88. The van der Waals surface area contributed by atoms with E-state index in [0.717, 1.165) is 23.9 Å². The molecule has 0 amide bonds. The molecule has 0 spiro atoms. The van der Waals surface area contributed by atoms with E-state index in [1.54, 1.807) is 0 Å². The molecule has 0 aromatic heterocycles. The molecule has 2 aromatic rings. The lowest BCUT2D eigenvalue weighted by atomic mass is 9.99. The smallest absolute Gasteiger partial charge is 0.0913 e. The van der Waals surface area contributed by atoms with Gasteiger partial charge in [0.1, 0.15) is 0 Å². The summed E-state index contributed by atoms with van der Waals surface area (Å²) >= 11 is 3.41. The van der Waals surface area contributed by atoms with Crippen LogP contribution in [-0.2, 0) is 4.74 Å². The molecule has 0 bridgehead atoms. The highest BCUT2D eigenvalue weighted by atomic mass is 79.9. The molecule has 2 rings (SSSR count). The Labute approximate surface area is 123 Å². The quantitative estimate of drug-likeness (QED) is 0.419. The zero-order chi connectivity index (χ0) is 13.3. The molecule has 0 heterocycles. The first-order valence-electron chi connectivity index (χ1n) is 6.40. The normalized spacial score (nSPS) is 9.95. The minimum Gasteiger partial charge on any atom is -0.500 e. The van der Waals surface area contributed by atoms with Crippen molar-refractivity contribution in [1.29, 1.82) is 0 Å². The van der Waals surface area contributed by atoms with Crippen LogP contribution in [0.4, 0.5) is 0 Å². The first-order chi connectivity index (χ1) is 9.42. The number of benzene rings is 2. The van der Waals surface area contributed by atoms with E-state index in [9.17, 15) is 0 Å². The highest BCUT2D eigenvalue weighted by molar-refractivity contribution is 9.09. The molecule has 0 aliphatic rings. The molecule has 19 heavy (non-hydrogen) atoms. The number of ether oxygens (including phenoxy) is 1. The summed E-state index contributed by atoms with van der Waals surface area (Å²) in [5.41, 5.74) is 3.47. The van der Waals surface area contributed by atoms with Gasteiger partial charge in [-0.05, 0) is 17.5 Å². The Hall–Kier alpha value is -1.54. The van der Waals surface area contributed by atoms with Crippen LogP contribution in [0.1, 0.15) is 17.5 Å². The topological polar surface area (TPSA) is 9.23 Å². The molecule has 0 aliphatic carbocycles. The third-order valence-corrected chi connectivity index (χ3v) is 3.33. The van der Waals surface area contributed by atoms with Gasteiger partial charge in [-0.1, -0.05) is 76.6 Å². The number of halogens is 1. The van der Waals surface area contributed by atoms with Crippen LogP contribution < -0.4 is 0 Å². The van der Waals surface area contributed by atoms with Crippen molar-refractivity contribution in [3.63, 3.8) is 0 Å². The zero-order valence-corrected chi connectivity index (χ0v) is 12.3. The van der Waals surface area contributed by atoms with Crippen molar-refractivity contribution >= 4 is 21.5 Å². The molecular weight excluding hydrogens is 300 g/mol. The molecule has 0 atom stereocenters. The van der Waals surface area contributed by atoms with Crippen molar-refractivity contribution in [2.45, 2.75) is 6.42 Å². The molecule has 0 aliphatic heterocycles. The minimum atomic E-state index is 0.731. The summed E-state index contributed by atoms with van der Waals surface area (Å²) in [6.45, 7) is 0.731. The van der Waals surface area contributed by atoms with Gasteiger partial charge in [-0.2, -0.15) is 0 Å². The van der Waals surface area contributed by atoms with Gasteiger partial charge in [0.15, 0.2) is 0 Å². The maximum Gasteiger partial charge on any atom is 0.0913 e. The predicted molar refractivity (Wildman–Crippen MR) is 84.3 cm³/mol. The summed E-state index contributed by atoms with van der Waals surface area (Å²) in [6, 6.07) is 20.7. The summed E-state index contributed by atoms with van der Waals surface area (Å²) in [6.07, 6.45) is 2.88. The number of rotatable bonds is 6. The molecule has 98 valence electrons. The molecular formula is C17H17BrO. The lowest BCUT2D eigenvalue weighted by Gasteiger charge is -2.09. The van der Waals surface area contributed by atoms with Gasteiger partial charge in [-0.25, -0.2) is 0 Å². The van der Waals surface area contributed by atoms with Gasteiger partial charge in [0.05, 0.1) is 12.9 Å². The van der Waals surface area contributed by atoms with Gasteiger partial charge < -0.3 is 4.74 Å². The lowest BCUT2D eigenvalue weighted by Crippen LogP contribution is -1.92. The maximum atomic E-state index is 5.65. The summed E-state index contributed by atoms with van der Waals surface area (Å²) in [5, 5.41) is 0.965. The van der Waals surface area contributed by atoms with Crippen LogP contribution >= 0.6 is 15.9 Å². The summed E-state index contributed by atoms with van der Waals surface area (Å²) in [4.78, 5) is 0. The number of alkyl halides is 1. The van der Waals surface area contributed by atoms with Crippen molar-refractivity contribution in [1.82, 2.24) is 0 Å². The Morgan fingerprint density at radius 3 is 1.89 bits per heavy atom. The fourth-order valence-electron chi connectivity index (χ4n) is 1.82. The van der Waals surface area contributed by atoms with Gasteiger partial charge in [0, 0.05) is 10.9 Å². The average Bonchev–Trinajstić information content (AvgIpc) is 2.49. The van der Waals surface area contributed by atoms with Crippen LogP contribution in [0.25, 0.3) is 5.57 Å². The van der Waals surface area contributed by atoms with Crippen LogP contribution in [-0.4, -0.2) is 11.9 Å². The molecule has 1 nitrogen and oxygen atoms in total. The van der Waals surface area contributed by atoms with E-state index < -0.39 is 0 Å². The maximum absolute atomic E-state index is 5.65. The second-order valence-electron chi connectivity index (χ2n) is 4.18. The van der Waals surface area contributed by atoms with Gasteiger partial charge in [0.25, 0.3) is 0 Å². The molecule has 0 fully saturated rings. The second kappa shape index (κ2) is 7.80. The van der Waals surface area contributed by atoms with Crippen LogP contribution in [0.2, 0.25) is 0 Å². The second-order valence-corrected chi connectivity index (χ2v) is 4.97. The largest absolute Gasteiger partial charge is 0.500 e. The molecule has 0 radical (unpaired) electrons. The van der Waals surface area contributed by atoms with E-state index in [1.165, 1.54) is 11.1 Å². The standard InChI is InChI=1S/C17H17BrO/c18-12-7-13-19-14-17(15-8-3-1-4-9-15)16-10-5-2-6-11-16/h1-6,8-11,14H,7,12-13H2. The van der Waals surface area contributed by atoms with E-state index in [1.807, 2.05) is 42.7 Å². The SMILES string of the molecule is BrCCCOC=C(c1ccccc1)c1ccccc1. The van der Waals surface area contributed by atoms with Crippen LogP contribution in [0.5, 0.6) is 0 Å². The van der Waals surface area contributed by atoms with Gasteiger partial charge in [0.2, 0.25) is 0 Å². The fourth-order valence-corrected chi connectivity index (χ4v) is 2.05. The van der Waals surface area contributed by atoms with Crippen LogP contribution in [0, 0.1) is 0 Å². The van der Waals surface area contributed by atoms with Gasteiger partial charge in [-0.15, -0.1) is 0 Å². The molecule has 2 aromatic carbocycles. The van der Waals surface area contributed by atoms with E-state index in [4.69, 9.17) is 4.74 Å². The molecule has 0 unspecified atom stereocenters. The zero-order valence-electron chi connectivity index (χ0n) is 10.8. The highest BCUT2D eigenvalue weighted by Gasteiger charge is 2.04. The Bertz CT molecular complexity index is 464.